The summed E-state index contributed by atoms with van der Waals surface area (Å²) in [7, 11) is 4.11. The second-order valence-electron chi connectivity index (χ2n) is 5.74. The molecule has 0 saturated heterocycles. The molecule has 0 aromatic carbocycles. The number of hydrogen-bond acceptors (Lipinski definition) is 3. The Morgan fingerprint density at radius 1 is 1.28 bits per heavy atom. The summed E-state index contributed by atoms with van der Waals surface area (Å²) in [6, 6.07) is 0. The van der Waals surface area contributed by atoms with Gasteiger partial charge in [-0.2, -0.15) is 0 Å². The predicted octanol–water partition coefficient (Wildman–Crippen LogP) is 1.21. The summed E-state index contributed by atoms with van der Waals surface area (Å²) < 4.78 is 0. The zero-order valence-electron chi connectivity index (χ0n) is 12.0. The summed E-state index contributed by atoms with van der Waals surface area (Å²) in [5.74, 6) is 1.27. The van der Waals surface area contributed by atoms with Crippen LogP contribution in [-0.2, 0) is 4.79 Å². The van der Waals surface area contributed by atoms with Crippen LogP contribution in [0.25, 0.3) is 0 Å². The summed E-state index contributed by atoms with van der Waals surface area (Å²) in [4.78, 5) is 14.1. The van der Waals surface area contributed by atoms with Gasteiger partial charge in [-0.15, -0.1) is 0 Å². The van der Waals surface area contributed by atoms with Crippen molar-refractivity contribution in [2.75, 3.05) is 33.7 Å². The lowest BCUT2D eigenvalue weighted by Gasteiger charge is -2.27. The lowest BCUT2D eigenvalue weighted by atomic mass is 9.80. The monoisotopic (exact) mass is 255 g/mol. The van der Waals surface area contributed by atoms with Gasteiger partial charge in [-0.3, -0.25) is 4.79 Å². The van der Waals surface area contributed by atoms with Gasteiger partial charge in [0.1, 0.15) is 0 Å². The van der Waals surface area contributed by atoms with Crippen LogP contribution >= 0.6 is 0 Å². The summed E-state index contributed by atoms with van der Waals surface area (Å²) >= 11 is 0. The minimum atomic E-state index is 0.249. The van der Waals surface area contributed by atoms with Crippen molar-refractivity contribution in [3.05, 3.63) is 0 Å². The van der Waals surface area contributed by atoms with Gasteiger partial charge in [0, 0.05) is 12.5 Å². The van der Waals surface area contributed by atoms with Crippen LogP contribution in [0.2, 0.25) is 0 Å². The molecule has 4 nitrogen and oxygen atoms in total. The van der Waals surface area contributed by atoms with Gasteiger partial charge in [0.25, 0.3) is 0 Å². The molecule has 3 N–H and O–H groups in total. The van der Waals surface area contributed by atoms with E-state index in [1.807, 2.05) is 0 Å². The Morgan fingerprint density at radius 2 is 1.94 bits per heavy atom. The lowest BCUT2D eigenvalue weighted by molar-refractivity contribution is -0.126. The first kappa shape index (κ1) is 15.4. The molecule has 1 fully saturated rings. The van der Waals surface area contributed by atoms with Gasteiger partial charge in [0.2, 0.25) is 5.91 Å². The summed E-state index contributed by atoms with van der Waals surface area (Å²) in [6.07, 6.45) is 6.59. The Hall–Kier alpha value is -0.610. The third-order valence-electron chi connectivity index (χ3n) is 3.87. The van der Waals surface area contributed by atoms with Gasteiger partial charge in [-0.1, -0.05) is 0 Å². The van der Waals surface area contributed by atoms with Crippen LogP contribution in [-0.4, -0.2) is 44.5 Å². The van der Waals surface area contributed by atoms with Gasteiger partial charge >= 0.3 is 0 Å². The second-order valence-corrected chi connectivity index (χ2v) is 5.74. The van der Waals surface area contributed by atoms with E-state index in [2.05, 4.69) is 24.3 Å². The van der Waals surface area contributed by atoms with Crippen molar-refractivity contribution in [2.45, 2.75) is 38.5 Å². The first-order valence-electron chi connectivity index (χ1n) is 7.26. The van der Waals surface area contributed by atoms with Crippen LogP contribution in [0.5, 0.6) is 0 Å². The molecular formula is C14H29N3O. The maximum Gasteiger partial charge on any atom is 0.223 e. The smallest absolute Gasteiger partial charge is 0.223 e. The van der Waals surface area contributed by atoms with Crippen molar-refractivity contribution in [3.8, 4) is 0 Å². The Morgan fingerprint density at radius 3 is 2.50 bits per heavy atom. The van der Waals surface area contributed by atoms with Crippen molar-refractivity contribution in [1.29, 1.82) is 0 Å². The fraction of sp³-hybridized carbons (Fsp3) is 0.929. The molecule has 0 aromatic heterocycles. The highest BCUT2D eigenvalue weighted by molar-refractivity contribution is 5.78. The molecule has 1 aliphatic rings. The average molecular weight is 255 g/mol. The number of nitrogens with one attached hydrogen (secondary N) is 1. The van der Waals surface area contributed by atoms with Crippen LogP contribution in [0.1, 0.15) is 38.5 Å². The number of rotatable bonds is 7. The number of nitrogens with two attached hydrogens (primary N) is 1. The van der Waals surface area contributed by atoms with Crippen molar-refractivity contribution in [3.63, 3.8) is 0 Å². The van der Waals surface area contributed by atoms with Gasteiger partial charge in [-0.05, 0) is 71.6 Å². The average Bonchev–Trinajstić information content (AvgIpc) is 2.35. The van der Waals surface area contributed by atoms with E-state index in [-0.39, 0.29) is 11.8 Å². The summed E-state index contributed by atoms with van der Waals surface area (Å²) in [5, 5.41) is 3.06. The molecule has 0 spiro atoms. The topological polar surface area (TPSA) is 58.4 Å². The van der Waals surface area contributed by atoms with Crippen molar-refractivity contribution in [1.82, 2.24) is 10.2 Å². The first-order chi connectivity index (χ1) is 8.63. The quantitative estimate of drug-likeness (QED) is 0.672. The summed E-state index contributed by atoms with van der Waals surface area (Å²) in [5.41, 5.74) is 5.58. The van der Waals surface area contributed by atoms with Gasteiger partial charge in [0.05, 0.1) is 0 Å². The molecule has 1 rings (SSSR count). The van der Waals surface area contributed by atoms with E-state index >= 15 is 0 Å². The Kier molecular flexibility index (Phi) is 7.28. The summed E-state index contributed by atoms with van der Waals surface area (Å²) in [6.45, 7) is 2.62. The maximum atomic E-state index is 12.0. The van der Waals surface area contributed by atoms with Gasteiger partial charge in [0.15, 0.2) is 0 Å². The molecule has 0 heterocycles. The first-order valence-corrected chi connectivity index (χ1v) is 7.26. The number of nitrogens with zero attached hydrogens (tertiary/aromatic N) is 1. The predicted molar refractivity (Wildman–Crippen MR) is 75.3 cm³/mol. The van der Waals surface area contributed by atoms with Crippen LogP contribution in [0.4, 0.5) is 0 Å². The molecule has 4 heteroatoms. The van der Waals surface area contributed by atoms with Crippen molar-refractivity contribution >= 4 is 5.91 Å². The van der Waals surface area contributed by atoms with E-state index in [1.165, 1.54) is 12.8 Å². The Balaban J connectivity index is 2.12. The van der Waals surface area contributed by atoms with Crippen LogP contribution in [0, 0.1) is 11.8 Å². The van der Waals surface area contributed by atoms with E-state index < -0.39 is 0 Å². The van der Waals surface area contributed by atoms with Crippen molar-refractivity contribution in [2.24, 2.45) is 17.6 Å². The third-order valence-corrected chi connectivity index (χ3v) is 3.87. The third kappa shape index (κ3) is 5.83. The minimum absolute atomic E-state index is 0.249. The molecule has 0 aliphatic heterocycles. The maximum absolute atomic E-state index is 12.0. The molecule has 1 amide bonds. The fourth-order valence-electron chi connectivity index (χ4n) is 2.70. The molecule has 18 heavy (non-hydrogen) atoms. The number of amides is 1. The number of carbonyl (C=O) groups is 1. The zero-order valence-corrected chi connectivity index (χ0v) is 12.0. The van der Waals surface area contributed by atoms with Crippen LogP contribution < -0.4 is 11.1 Å². The molecule has 106 valence electrons. The van der Waals surface area contributed by atoms with Gasteiger partial charge in [-0.25, -0.2) is 0 Å². The van der Waals surface area contributed by atoms with Gasteiger partial charge < -0.3 is 16.0 Å². The number of hydrogen-bond donors (Lipinski definition) is 2. The molecular weight excluding hydrogens is 226 g/mol. The molecule has 0 unspecified atom stereocenters. The minimum Gasteiger partial charge on any atom is -0.356 e. The van der Waals surface area contributed by atoms with Crippen LogP contribution in [0.3, 0.4) is 0 Å². The highest BCUT2D eigenvalue weighted by atomic mass is 16.1. The van der Waals surface area contributed by atoms with E-state index in [0.717, 1.165) is 51.2 Å². The second kappa shape index (κ2) is 8.48. The Labute approximate surface area is 111 Å². The van der Waals surface area contributed by atoms with E-state index in [9.17, 15) is 4.79 Å². The van der Waals surface area contributed by atoms with E-state index in [1.54, 1.807) is 0 Å². The molecule has 0 aromatic rings. The fourth-order valence-corrected chi connectivity index (χ4v) is 2.70. The molecule has 0 atom stereocenters. The molecule has 0 bridgehead atoms. The normalized spacial score (nSPS) is 24.2. The molecule has 0 radical (unpaired) electrons. The standard InChI is InChI=1S/C14H29N3O/c1-17(2)11-3-10-16-14(18)13-6-4-12(5-7-13)8-9-15/h12-13H,3-11,15H2,1-2H3,(H,16,18). The highest BCUT2D eigenvalue weighted by Crippen LogP contribution is 2.30. The van der Waals surface area contributed by atoms with Crippen molar-refractivity contribution < 1.29 is 4.79 Å². The molecule has 1 saturated carbocycles. The SMILES string of the molecule is CN(C)CCCNC(=O)C1CCC(CCN)CC1. The van der Waals surface area contributed by atoms with E-state index in [0.29, 0.717) is 0 Å². The Bertz CT molecular complexity index is 235. The zero-order chi connectivity index (χ0) is 13.4. The molecule has 1 aliphatic carbocycles. The van der Waals surface area contributed by atoms with Crippen LogP contribution in [0.15, 0.2) is 0 Å². The van der Waals surface area contributed by atoms with E-state index in [4.69, 9.17) is 5.73 Å². The number of carbonyl (C=O) groups excluding carboxylic acids is 1. The largest absolute Gasteiger partial charge is 0.356 e. The lowest BCUT2D eigenvalue weighted by Crippen LogP contribution is -2.34. The highest BCUT2D eigenvalue weighted by Gasteiger charge is 2.25.